The van der Waals surface area contributed by atoms with Crippen LogP contribution in [0.4, 0.5) is 17.2 Å². The first-order chi connectivity index (χ1) is 19.8. The molecule has 2 aromatic carbocycles. The molecule has 6 rings (SSSR count). The normalized spacial score (nSPS) is 22.3. The van der Waals surface area contributed by atoms with Gasteiger partial charge in [-0.3, -0.25) is 4.79 Å². The summed E-state index contributed by atoms with van der Waals surface area (Å²) in [5.74, 6) is 0.782. The number of nitrogens with zero attached hydrogens (tertiary/aromatic N) is 4. The van der Waals surface area contributed by atoms with Crippen molar-refractivity contribution in [2.45, 2.75) is 31.3 Å². The zero-order valence-electron chi connectivity index (χ0n) is 23.0. The molecule has 1 atom stereocenters. The van der Waals surface area contributed by atoms with Crippen molar-refractivity contribution < 1.29 is 9.90 Å². The van der Waals surface area contributed by atoms with Crippen LogP contribution in [0.2, 0.25) is 5.02 Å². The number of aliphatic hydroxyl groups is 1. The quantitative estimate of drug-likeness (QED) is 0.268. The maximum absolute atomic E-state index is 13.1. The van der Waals surface area contributed by atoms with Crippen molar-refractivity contribution >= 4 is 40.7 Å². The van der Waals surface area contributed by atoms with E-state index in [2.05, 4.69) is 25.5 Å². The fraction of sp³-hybridized carbons (Fsp3) is 0.387. The molecular formula is C31H36ClN7O2. The predicted octanol–water partition coefficient (Wildman–Crippen LogP) is 4.11. The number of benzene rings is 2. The Morgan fingerprint density at radius 1 is 1.02 bits per heavy atom. The third-order valence-corrected chi connectivity index (χ3v) is 9.02. The number of guanidine groups is 1. The maximum Gasteiger partial charge on any atom is 0.253 e. The number of aliphatic imine (C=N–C) groups is 1. The topological polar surface area (TPSA) is 119 Å². The molecule has 41 heavy (non-hydrogen) atoms. The molecule has 1 unspecified atom stereocenters. The van der Waals surface area contributed by atoms with Crippen molar-refractivity contribution in [1.82, 2.24) is 15.2 Å². The summed E-state index contributed by atoms with van der Waals surface area (Å²) in [5, 5.41) is 18.5. The number of anilines is 2. The van der Waals surface area contributed by atoms with E-state index in [1.807, 2.05) is 65.6 Å². The number of pyridine rings is 1. The number of amides is 1. The van der Waals surface area contributed by atoms with Gasteiger partial charge in [-0.05, 0) is 86.3 Å². The molecule has 1 aromatic heterocycles. The van der Waals surface area contributed by atoms with Crippen LogP contribution in [0.15, 0.2) is 71.9 Å². The van der Waals surface area contributed by atoms with E-state index in [9.17, 15) is 9.90 Å². The Kier molecular flexibility index (Phi) is 7.59. The second-order valence-electron chi connectivity index (χ2n) is 11.5. The molecule has 0 aliphatic carbocycles. The van der Waals surface area contributed by atoms with E-state index in [4.69, 9.17) is 17.3 Å². The molecule has 0 radical (unpaired) electrons. The van der Waals surface area contributed by atoms with Crippen LogP contribution in [-0.4, -0.2) is 66.1 Å². The van der Waals surface area contributed by atoms with Gasteiger partial charge in [-0.15, -0.1) is 0 Å². The molecule has 3 saturated heterocycles. The Bertz CT molecular complexity index is 1410. The minimum absolute atomic E-state index is 0.0737. The van der Waals surface area contributed by atoms with Crippen molar-refractivity contribution in [2.75, 3.05) is 49.5 Å². The number of carbonyl (C=O) groups is 1. The zero-order chi connectivity index (χ0) is 28.5. The largest absolute Gasteiger partial charge is 0.385 e. The molecule has 1 amide bonds. The fourth-order valence-corrected chi connectivity index (χ4v) is 6.43. The van der Waals surface area contributed by atoms with E-state index in [1.54, 1.807) is 6.20 Å². The summed E-state index contributed by atoms with van der Waals surface area (Å²) >= 11 is 6.03. The number of halogens is 1. The van der Waals surface area contributed by atoms with Crippen molar-refractivity contribution in [1.29, 1.82) is 0 Å². The second kappa shape index (κ2) is 11.3. The standard InChI is InChI=1S/C31H36ClN7O2/c32-24-7-5-23(6-8-24)31(41)13-18-38(19-14-31)26-2-1-15-35-27(26)37-29(33)36-25-9-3-22(4-10-25)28(40)39-17-12-30(21-39)11-16-34-20-30/h1-10,15,34,41H,11-14,16-21H2,(H3,33,35,36,37). The molecule has 0 saturated carbocycles. The lowest BCUT2D eigenvalue weighted by molar-refractivity contribution is 0.0118. The molecule has 3 aromatic rings. The molecule has 3 aliphatic heterocycles. The highest BCUT2D eigenvalue weighted by Crippen LogP contribution is 2.38. The number of piperidine rings is 1. The molecule has 0 bridgehead atoms. The molecule has 1 spiro atoms. The first kappa shape index (κ1) is 27.5. The van der Waals surface area contributed by atoms with Gasteiger partial charge in [-0.1, -0.05) is 23.7 Å². The van der Waals surface area contributed by atoms with E-state index < -0.39 is 5.60 Å². The van der Waals surface area contributed by atoms with E-state index in [1.165, 1.54) is 0 Å². The number of nitrogens with one attached hydrogen (secondary N) is 2. The van der Waals surface area contributed by atoms with Crippen LogP contribution in [-0.2, 0) is 5.60 Å². The van der Waals surface area contributed by atoms with Crippen LogP contribution < -0.4 is 21.3 Å². The van der Waals surface area contributed by atoms with Crippen molar-refractivity contribution in [3.63, 3.8) is 0 Å². The minimum atomic E-state index is -0.898. The molecule has 5 N–H and O–H groups in total. The van der Waals surface area contributed by atoms with E-state index in [0.29, 0.717) is 42.3 Å². The van der Waals surface area contributed by atoms with Crippen LogP contribution in [0.3, 0.4) is 0 Å². The lowest BCUT2D eigenvalue weighted by Gasteiger charge is -2.39. The van der Waals surface area contributed by atoms with Gasteiger partial charge in [-0.2, -0.15) is 4.99 Å². The lowest BCUT2D eigenvalue weighted by Crippen LogP contribution is -2.42. The Hall–Kier alpha value is -3.66. The summed E-state index contributed by atoms with van der Waals surface area (Å²) in [6.45, 7) is 4.96. The molecule has 214 valence electrons. The van der Waals surface area contributed by atoms with Gasteiger partial charge in [-0.25, -0.2) is 4.98 Å². The van der Waals surface area contributed by atoms with Gasteiger partial charge in [0, 0.05) is 60.6 Å². The summed E-state index contributed by atoms with van der Waals surface area (Å²) < 4.78 is 0. The average molecular weight is 574 g/mol. The van der Waals surface area contributed by atoms with Crippen LogP contribution in [0.1, 0.15) is 41.6 Å². The predicted molar refractivity (Wildman–Crippen MR) is 163 cm³/mol. The number of likely N-dealkylation sites (tertiary alicyclic amines) is 1. The molecule has 9 nitrogen and oxygen atoms in total. The summed E-state index contributed by atoms with van der Waals surface area (Å²) in [7, 11) is 0. The average Bonchev–Trinajstić information content (AvgIpc) is 3.63. The second-order valence-corrected chi connectivity index (χ2v) is 11.9. The van der Waals surface area contributed by atoms with Gasteiger partial charge in [0.05, 0.1) is 11.3 Å². The number of rotatable bonds is 5. The van der Waals surface area contributed by atoms with E-state index >= 15 is 0 Å². The van der Waals surface area contributed by atoms with Gasteiger partial charge < -0.3 is 31.3 Å². The summed E-state index contributed by atoms with van der Waals surface area (Å²) in [6.07, 6.45) is 5.03. The van der Waals surface area contributed by atoms with Crippen molar-refractivity contribution in [2.24, 2.45) is 16.1 Å². The lowest BCUT2D eigenvalue weighted by atomic mass is 9.84. The van der Waals surface area contributed by atoms with Crippen LogP contribution >= 0.6 is 11.6 Å². The highest BCUT2D eigenvalue weighted by atomic mass is 35.5. The molecule has 4 heterocycles. The highest BCUT2D eigenvalue weighted by molar-refractivity contribution is 6.30. The van der Waals surface area contributed by atoms with Crippen molar-refractivity contribution in [3.05, 3.63) is 83.0 Å². The smallest absolute Gasteiger partial charge is 0.253 e. The number of hydrogen-bond donors (Lipinski definition) is 4. The Balaban J connectivity index is 1.09. The summed E-state index contributed by atoms with van der Waals surface area (Å²) in [5.41, 5.74) is 8.78. The van der Waals surface area contributed by atoms with Gasteiger partial charge in [0.15, 0.2) is 11.8 Å². The Morgan fingerprint density at radius 2 is 1.78 bits per heavy atom. The van der Waals surface area contributed by atoms with Crippen molar-refractivity contribution in [3.8, 4) is 0 Å². The van der Waals surface area contributed by atoms with E-state index in [0.717, 1.165) is 56.0 Å². The maximum atomic E-state index is 13.1. The molecular weight excluding hydrogens is 538 g/mol. The Morgan fingerprint density at radius 3 is 2.49 bits per heavy atom. The monoisotopic (exact) mass is 573 g/mol. The third-order valence-electron chi connectivity index (χ3n) is 8.77. The molecule has 10 heteroatoms. The highest BCUT2D eigenvalue weighted by Gasteiger charge is 2.42. The van der Waals surface area contributed by atoms with Gasteiger partial charge in [0.25, 0.3) is 5.91 Å². The van der Waals surface area contributed by atoms with Crippen LogP contribution in [0.25, 0.3) is 0 Å². The van der Waals surface area contributed by atoms with E-state index in [-0.39, 0.29) is 17.3 Å². The Labute approximate surface area is 245 Å². The minimum Gasteiger partial charge on any atom is -0.385 e. The van der Waals surface area contributed by atoms with Gasteiger partial charge in [0.1, 0.15) is 0 Å². The summed E-state index contributed by atoms with van der Waals surface area (Å²) in [6, 6.07) is 18.6. The van der Waals surface area contributed by atoms with Crippen LogP contribution in [0.5, 0.6) is 0 Å². The number of hydrogen-bond acceptors (Lipinski definition) is 6. The first-order valence-electron chi connectivity index (χ1n) is 14.2. The zero-order valence-corrected chi connectivity index (χ0v) is 23.8. The van der Waals surface area contributed by atoms with Gasteiger partial charge in [0.2, 0.25) is 0 Å². The van der Waals surface area contributed by atoms with Gasteiger partial charge >= 0.3 is 0 Å². The number of carbonyl (C=O) groups excluding carboxylic acids is 1. The fourth-order valence-electron chi connectivity index (χ4n) is 6.31. The summed E-state index contributed by atoms with van der Waals surface area (Å²) in [4.78, 5) is 26.3. The van der Waals surface area contributed by atoms with Crippen LogP contribution in [0, 0.1) is 5.41 Å². The molecule has 3 fully saturated rings. The molecule has 3 aliphatic rings. The SMILES string of the molecule is N/C(=N\c1ncccc1N1CCC(O)(c2ccc(Cl)cc2)CC1)Nc1ccc(C(=O)N2CCC3(CCNC3)C2)cc1. The third kappa shape index (κ3) is 5.88. The number of nitrogens with two attached hydrogens (primary N) is 1. The number of aromatic nitrogens is 1. The first-order valence-corrected chi connectivity index (χ1v) is 14.6.